The predicted octanol–water partition coefficient (Wildman–Crippen LogP) is 2.93. The lowest BCUT2D eigenvalue weighted by Crippen LogP contribution is -2.35. The van der Waals surface area contributed by atoms with Crippen molar-refractivity contribution in [3.63, 3.8) is 0 Å². The summed E-state index contributed by atoms with van der Waals surface area (Å²) in [5.74, 6) is 0. The molecule has 2 fully saturated rings. The minimum absolute atomic E-state index is 0.169. The quantitative estimate of drug-likeness (QED) is 0.880. The zero-order chi connectivity index (χ0) is 15.5. The van der Waals surface area contributed by atoms with Crippen molar-refractivity contribution in [3.8, 4) is 0 Å². The highest BCUT2D eigenvalue weighted by molar-refractivity contribution is 6.31. The van der Waals surface area contributed by atoms with E-state index in [0.717, 1.165) is 24.5 Å². The molecule has 0 saturated carbocycles. The molecule has 2 amide bonds. The average molecular weight is 324 g/mol. The van der Waals surface area contributed by atoms with Crippen LogP contribution in [0.15, 0.2) is 18.2 Å². The van der Waals surface area contributed by atoms with Gasteiger partial charge in [0.2, 0.25) is 0 Å². The van der Waals surface area contributed by atoms with Crippen LogP contribution in [0.1, 0.15) is 25.7 Å². The summed E-state index contributed by atoms with van der Waals surface area (Å²) in [7, 11) is 0. The number of carbonyl (C=O) groups excluding carboxylic acids is 1. The Bertz CT molecular complexity index is 546. The number of urea groups is 1. The van der Waals surface area contributed by atoms with Crippen LogP contribution in [0.5, 0.6) is 0 Å². The molecule has 0 radical (unpaired) electrons. The molecule has 1 aromatic rings. The van der Waals surface area contributed by atoms with Gasteiger partial charge in [0.25, 0.3) is 0 Å². The Hall–Kier alpha value is -1.46. The number of likely N-dealkylation sites (tertiary alicyclic amines) is 1. The van der Waals surface area contributed by atoms with E-state index >= 15 is 0 Å². The molecule has 5 nitrogen and oxygen atoms in total. The molecule has 22 heavy (non-hydrogen) atoms. The van der Waals surface area contributed by atoms with Gasteiger partial charge in [-0.15, -0.1) is 0 Å². The number of nitrogens with zero attached hydrogens (tertiary/aromatic N) is 2. The lowest BCUT2D eigenvalue weighted by molar-refractivity contribution is 0.176. The Morgan fingerprint density at radius 2 is 2.00 bits per heavy atom. The second-order valence-electron chi connectivity index (χ2n) is 6.03. The number of nitrogens with one attached hydrogen (secondary N) is 1. The van der Waals surface area contributed by atoms with Gasteiger partial charge in [-0.25, -0.2) is 4.79 Å². The number of aliphatic hydroxyl groups is 1. The van der Waals surface area contributed by atoms with Crippen molar-refractivity contribution in [2.24, 2.45) is 0 Å². The number of hydrogen-bond donors (Lipinski definition) is 2. The first-order chi connectivity index (χ1) is 10.6. The first-order valence-electron chi connectivity index (χ1n) is 7.92. The summed E-state index contributed by atoms with van der Waals surface area (Å²) in [6, 6.07) is 5.47. The third kappa shape index (κ3) is 3.47. The molecule has 2 saturated heterocycles. The fourth-order valence-electron chi connectivity index (χ4n) is 3.14. The number of carbonyl (C=O) groups is 1. The van der Waals surface area contributed by atoms with Gasteiger partial charge in [0.15, 0.2) is 0 Å². The Morgan fingerprint density at radius 3 is 2.68 bits per heavy atom. The van der Waals surface area contributed by atoms with Crippen LogP contribution in [0.25, 0.3) is 0 Å². The number of aliphatic hydroxyl groups excluding tert-OH is 1. The third-order valence-electron chi connectivity index (χ3n) is 4.35. The summed E-state index contributed by atoms with van der Waals surface area (Å²) in [6.45, 7) is 3.00. The van der Waals surface area contributed by atoms with Crippen LogP contribution in [0.3, 0.4) is 0 Å². The molecule has 2 aliphatic rings. The van der Waals surface area contributed by atoms with Gasteiger partial charge in [-0.05, 0) is 43.9 Å². The second-order valence-corrected chi connectivity index (χ2v) is 6.46. The highest BCUT2D eigenvalue weighted by atomic mass is 35.5. The number of rotatable bonds is 2. The van der Waals surface area contributed by atoms with Crippen molar-refractivity contribution < 1.29 is 9.90 Å². The van der Waals surface area contributed by atoms with E-state index < -0.39 is 6.10 Å². The predicted molar refractivity (Wildman–Crippen MR) is 88.7 cm³/mol. The van der Waals surface area contributed by atoms with E-state index in [4.69, 9.17) is 11.6 Å². The zero-order valence-corrected chi connectivity index (χ0v) is 13.4. The lowest BCUT2D eigenvalue weighted by atomic mass is 10.1. The van der Waals surface area contributed by atoms with Crippen molar-refractivity contribution >= 4 is 29.0 Å². The second kappa shape index (κ2) is 6.75. The smallest absolute Gasteiger partial charge is 0.321 e. The van der Waals surface area contributed by atoms with Gasteiger partial charge in [-0.3, -0.25) is 0 Å². The summed E-state index contributed by atoms with van der Waals surface area (Å²) in [4.78, 5) is 16.3. The van der Waals surface area contributed by atoms with Crippen LogP contribution in [0.4, 0.5) is 16.2 Å². The standard InChI is InChI=1S/C16H22ClN3O2/c17-12-4-5-15(19-7-2-1-3-8-19)14(10-12)18-16(22)20-9-6-13(21)11-20/h4-5,10,13,21H,1-3,6-9,11H2,(H,18,22). The molecule has 0 aromatic heterocycles. The molecule has 6 heteroatoms. The topological polar surface area (TPSA) is 55.8 Å². The maximum absolute atomic E-state index is 12.3. The molecule has 2 aliphatic heterocycles. The summed E-state index contributed by atoms with van der Waals surface area (Å²) in [6.07, 6.45) is 3.84. The number of hydrogen-bond acceptors (Lipinski definition) is 3. The van der Waals surface area contributed by atoms with Gasteiger partial charge >= 0.3 is 6.03 Å². The Morgan fingerprint density at radius 1 is 1.23 bits per heavy atom. The van der Waals surface area contributed by atoms with Crippen molar-refractivity contribution in [3.05, 3.63) is 23.2 Å². The normalized spacial score (nSPS) is 22.0. The number of benzene rings is 1. The van der Waals surface area contributed by atoms with Crippen LogP contribution in [0.2, 0.25) is 5.02 Å². The third-order valence-corrected chi connectivity index (χ3v) is 4.58. The van der Waals surface area contributed by atoms with Crippen LogP contribution in [-0.2, 0) is 0 Å². The Labute approximate surface area is 135 Å². The Kier molecular flexibility index (Phi) is 4.74. The first-order valence-corrected chi connectivity index (χ1v) is 8.30. The monoisotopic (exact) mass is 323 g/mol. The molecule has 1 atom stereocenters. The van der Waals surface area contributed by atoms with E-state index in [9.17, 15) is 9.90 Å². The molecule has 3 rings (SSSR count). The van der Waals surface area contributed by atoms with Gasteiger partial charge in [-0.2, -0.15) is 0 Å². The number of anilines is 2. The van der Waals surface area contributed by atoms with Crippen LogP contribution in [-0.4, -0.2) is 48.3 Å². The Balaban J connectivity index is 1.76. The molecule has 2 N–H and O–H groups in total. The van der Waals surface area contributed by atoms with Crippen LogP contribution < -0.4 is 10.2 Å². The molecule has 120 valence electrons. The van der Waals surface area contributed by atoms with Gasteiger partial charge in [0, 0.05) is 31.2 Å². The summed E-state index contributed by atoms with van der Waals surface area (Å²) >= 11 is 6.10. The maximum Gasteiger partial charge on any atom is 0.321 e. The van der Waals surface area contributed by atoms with E-state index in [1.807, 2.05) is 12.1 Å². The minimum Gasteiger partial charge on any atom is -0.391 e. The van der Waals surface area contributed by atoms with Gasteiger partial charge in [0.1, 0.15) is 0 Å². The molecule has 2 heterocycles. The zero-order valence-electron chi connectivity index (χ0n) is 12.6. The fraction of sp³-hybridized carbons (Fsp3) is 0.562. The van der Waals surface area contributed by atoms with Gasteiger partial charge in [0.05, 0.1) is 17.5 Å². The minimum atomic E-state index is -0.410. The number of β-amino-alcohol motifs (C(OH)–C–C–N with tert-alkyl or cyclic N) is 1. The maximum atomic E-state index is 12.3. The molecule has 1 unspecified atom stereocenters. The van der Waals surface area contributed by atoms with E-state index in [1.165, 1.54) is 19.3 Å². The van der Waals surface area contributed by atoms with Gasteiger partial charge < -0.3 is 20.2 Å². The molecular formula is C16H22ClN3O2. The highest BCUT2D eigenvalue weighted by Crippen LogP contribution is 2.31. The van der Waals surface area contributed by atoms with E-state index in [1.54, 1.807) is 11.0 Å². The van der Waals surface area contributed by atoms with E-state index in [-0.39, 0.29) is 6.03 Å². The SMILES string of the molecule is O=C(Nc1cc(Cl)ccc1N1CCCCC1)N1CCC(O)C1. The fourth-order valence-corrected chi connectivity index (χ4v) is 3.31. The van der Waals surface area contributed by atoms with Crippen molar-refractivity contribution in [2.45, 2.75) is 31.8 Å². The molecule has 0 bridgehead atoms. The molecule has 1 aromatic carbocycles. The number of amides is 2. The number of piperidine rings is 1. The van der Waals surface area contributed by atoms with Crippen molar-refractivity contribution in [1.82, 2.24) is 4.90 Å². The molecule has 0 aliphatic carbocycles. The largest absolute Gasteiger partial charge is 0.391 e. The highest BCUT2D eigenvalue weighted by Gasteiger charge is 2.25. The summed E-state index contributed by atoms with van der Waals surface area (Å²) in [5.41, 5.74) is 1.78. The van der Waals surface area contributed by atoms with E-state index in [2.05, 4.69) is 10.2 Å². The van der Waals surface area contributed by atoms with E-state index in [0.29, 0.717) is 24.5 Å². The lowest BCUT2D eigenvalue weighted by Gasteiger charge is -2.31. The van der Waals surface area contributed by atoms with Crippen LogP contribution in [0, 0.1) is 0 Å². The molecule has 0 spiro atoms. The summed E-state index contributed by atoms with van der Waals surface area (Å²) in [5, 5.41) is 13.1. The number of halogens is 1. The van der Waals surface area contributed by atoms with Crippen molar-refractivity contribution in [1.29, 1.82) is 0 Å². The van der Waals surface area contributed by atoms with Crippen LogP contribution >= 0.6 is 11.6 Å². The van der Waals surface area contributed by atoms with Gasteiger partial charge in [-0.1, -0.05) is 11.6 Å². The average Bonchev–Trinajstić information content (AvgIpc) is 2.95. The van der Waals surface area contributed by atoms with Crippen molar-refractivity contribution in [2.75, 3.05) is 36.4 Å². The summed E-state index contributed by atoms with van der Waals surface area (Å²) < 4.78 is 0. The first kappa shape index (κ1) is 15.4. The molecular weight excluding hydrogens is 302 g/mol.